The Balaban J connectivity index is 0.000000181. The van der Waals surface area contributed by atoms with Crippen molar-refractivity contribution in [2.24, 2.45) is 0 Å². The van der Waals surface area contributed by atoms with Gasteiger partial charge in [0.1, 0.15) is 5.75 Å². The number of aromatic nitrogens is 2. The van der Waals surface area contributed by atoms with Crippen molar-refractivity contribution in [2.45, 2.75) is 6.61 Å². The van der Waals surface area contributed by atoms with E-state index < -0.39 is 6.61 Å². The van der Waals surface area contributed by atoms with Gasteiger partial charge in [-0.3, -0.25) is 4.98 Å². The SMILES string of the molecule is FC(F)Oc1ccccn1.Oc1cccnc1. The van der Waals surface area contributed by atoms with Crippen molar-refractivity contribution in [3.63, 3.8) is 0 Å². The molecule has 17 heavy (non-hydrogen) atoms. The highest BCUT2D eigenvalue weighted by Gasteiger charge is 2.02. The second-order valence-electron chi connectivity index (χ2n) is 2.76. The van der Waals surface area contributed by atoms with E-state index in [9.17, 15) is 8.78 Å². The smallest absolute Gasteiger partial charge is 0.388 e. The van der Waals surface area contributed by atoms with E-state index in [1.54, 1.807) is 30.5 Å². The van der Waals surface area contributed by atoms with Crippen LogP contribution in [-0.2, 0) is 0 Å². The first-order valence-electron chi connectivity index (χ1n) is 4.63. The number of nitrogens with zero attached hydrogens (tertiary/aromatic N) is 2. The highest BCUT2D eigenvalue weighted by molar-refractivity contribution is 5.12. The Hall–Kier alpha value is -2.24. The van der Waals surface area contributed by atoms with Gasteiger partial charge in [-0.15, -0.1) is 0 Å². The Kier molecular flexibility index (Phi) is 5.36. The zero-order valence-corrected chi connectivity index (χ0v) is 8.70. The van der Waals surface area contributed by atoms with Crippen LogP contribution in [0.5, 0.6) is 11.6 Å². The maximum absolute atomic E-state index is 11.5. The first-order chi connectivity index (χ1) is 8.18. The highest BCUT2D eigenvalue weighted by Crippen LogP contribution is 2.07. The quantitative estimate of drug-likeness (QED) is 0.876. The summed E-state index contributed by atoms with van der Waals surface area (Å²) in [7, 11) is 0. The number of aromatic hydroxyl groups is 1. The zero-order chi connectivity index (χ0) is 12.5. The van der Waals surface area contributed by atoms with Gasteiger partial charge in [-0.1, -0.05) is 6.07 Å². The van der Waals surface area contributed by atoms with Crippen LogP contribution < -0.4 is 4.74 Å². The monoisotopic (exact) mass is 240 g/mol. The van der Waals surface area contributed by atoms with E-state index in [-0.39, 0.29) is 11.6 Å². The van der Waals surface area contributed by atoms with Crippen LogP contribution >= 0.6 is 0 Å². The molecule has 0 saturated carbocycles. The molecule has 0 amide bonds. The predicted octanol–water partition coefficient (Wildman–Crippen LogP) is 2.47. The summed E-state index contributed by atoms with van der Waals surface area (Å²) in [6, 6.07) is 7.82. The van der Waals surface area contributed by atoms with Crippen molar-refractivity contribution in [3.8, 4) is 11.6 Å². The molecule has 2 aromatic rings. The third-order valence-corrected chi connectivity index (χ3v) is 1.49. The molecule has 0 spiro atoms. The van der Waals surface area contributed by atoms with Crippen LogP contribution in [0, 0.1) is 0 Å². The Morgan fingerprint density at radius 2 is 1.94 bits per heavy atom. The Labute approximate surface area is 96.5 Å². The fourth-order valence-electron chi connectivity index (χ4n) is 0.862. The van der Waals surface area contributed by atoms with Gasteiger partial charge < -0.3 is 9.84 Å². The molecular weight excluding hydrogens is 230 g/mol. The molecule has 1 N–H and O–H groups in total. The fraction of sp³-hybridized carbons (Fsp3) is 0.0909. The molecule has 90 valence electrons. The summed E-state index contributed by atoms with van der Waals surface area (Å²) >= 11 is 0. The summed E-state index contributed by atoms with van der Waals surface area (Å²) in [6.45, 7) is -2.80. The van der Waals surface area contributed by atoms with Crippen molar-refractivity contribution in [2.75, 3.05) is 0 Å². The van der Waals surface area contributed by atoms with Gasteiger partial charge in [-0.2, -0.15) is 8.78 Å². The van der Waals surface area contributed by atoms with Gasteiger partial charge in [0, 0.05) is 18.5 Å². The lowest BCUT2D eigenvalue weighted by molar-refractivity contribution is -0.0528. The van der Waals surface area contributed by atoms with Gasteiger partial charge in [0.05, 0.1) is 6.20 Å². The van der Waals surface area contributed by atoms with Gasteiger partial charge in [0.15, 0.2) is 0 Å². The standard InChI is InChI=1S/C6H5F2NO.C5H5NO/c7-6(8)10-5-3-1-2-4-9-5;7-5-2-1-3-6-4-5/h1-4,6H;1-4,7H. The molecular formula is C11H10F2N2O2. The Morgan fingerprint density at radius 1 is 1.12 bits per heavy atom. The van der Waals surface area contributed by atoms with Crippen molar-refractivity contribution in [3.05, 3.63) is 48.9 Å². The lowest BCUT2D eigenvalue weighted by Gasteiger charge is -2.00. The van der Waals surface area contributed by atoms with Crippen molar-refractivity contribution in [1.82, 2.24) is 9.97 Å². The third-order valence-electron chi connectivity index (χ3n) is 1.49. The average Bonchev–Trinajstić information content (AvgIpc) is 2.31. The number of halogens is 2. The van der Waals surface area contributed by atoms with Crippen LogP contribution in [0.3, 0.4) is 0 Å². The van der Waals surface area contributed by atoms with Crippen molar-refractivity contribution in [1.29, 1.82) is 0 Å². The molecule has 0 saturated heterocycles. The van der Waals surface area contributed by atoms with Crippen LogP contribution in [-0.4, -0.2) is 21.7 Å². The molecule has 0 aliphatic heterocycles. The molecule has 0 radical (unpaired) electrons. The largest absolute Gasteiger partial charge is 0.506 e. The molecule has 0 bridgehead atoms. The molecule has 4 nitrogen and oxygen atoms in total. The van der Waals surface area contributed by atoms with E-state index in [1.807, 2.05) is 0 Å². The second-order valence-corrected chi connectivity index (χ2v) is 2.76. The molecule has 2 aromatic heterocycles. The highest BCUT2D eigenvalue weighted by atomic mass is 19.3. The van der Waals surface area contributed by atoms with Gasteiger partial charge in [0.2, 0.25) is 5.88 Å². The van der Waals surface area contributed by atoms with Gasteiger partial charge in [-0.05, 0) is 18.2 Å². The van der Waals surface area contributed by atoms with Crippen molar-refractivity contribution >= 4 is 0 Å². The predicted molar refractivity (Wildman–Crippen MR) is 56.8 cm³/mol. The minimum absolute atomic E-state index is 0.0579. The summed E-state index contributed by atoms with van der Waals surface area (Å²) in [5, 5.41) is 8.57. The first kappa shape index (κ1) is 12.8. The number of alkyl halides is 2. The van der Waals surface area contributed by atoms with E-state index in [4.69, 9.17) is 5.11 Å². The van der Waals surface area contributed by atoms with Gasteiger partial charge in [-0.25, -0.2) is 4.98 Å². The molecule has 2 heterocycles. The van der Waals surface area contributed by atoms with E-state index in [0.717, 1.165) is 0 Å². The van der Waals surface area contributed by atoms with E-state index >= 15 is 0 Å². The summed E-state index contributed by atoms with van der Waals surface area (Å²) in [6.07, 6.45) is 4.39. The van der Waals surface area contributed by atoms with E-state index in [1.165, 1.54) is 18.5 Å². The number of hydrogen-bond acceptors (Lipinski definition) is 4. The summed E-state index contributed by atoms with van der Waals surface area (Å²) in [4.78, 5) is 7.15. The van der Waals surface area contributed by atoms with Crippen LogP contribution in [0.1, 0.15) is 0 Å². The molecule has 0 atom stereocenters. The molecule has 0 aromatic carbocycles. The summed E-state index contributed by atoms with van der Waals surface area (Å²) in [5.41, 5.74) is 0. The summed E-state index contributed by atoms with van der Waals surface area (Å²) < 4.78 is 26.9. The maximum atomic E-state index is 11.5. The number of rotatable bonds is 2. The van der Waals surface area contributed by atoms with Crippen LogP contribution in [0.25, 0.3) is 0 Å². The Bertz CT molecular complexity index is 412. The zero-order valence-electron chi connectivity index (χ0n) is 8.70. The van der Waals surface area contributed by atoms with E-state index in [2.05, 4.69) is 14.7 Å². The van der Waals surface area contributed by atoms with Gasteiger partial charge in [0.25, 0.3) is 0 Å². The topological polar surface area (TPSA) is 55.2 Å². The molecule has 0 unspecified atom stereocenters. The van der Waals surface area contributed by atoms with Crippen LogP contribution in [0.2, 0.25) is 0 Å². The molecule has 0 fully saturated rings. The van der Waals surface area contributed by atoms with E-state index in [0.29, 0.717) is 0 Å². The van der Waals surface area contributed by atoms with Crippen LogP contribution in [0.15, 0.2) is 48.9 Å². The average molecular weight is 240 g/mol. The van der Waals surface area contributed by atoms with Crippen LogP contribution in [0.4, 0.5) is 8.78 Å². The third kappa shape index (κ3) is 6.03. The number of hydrogen-bond donors (Lipinski definition) is 1. The molecule has 0 aliphatic carbocycles. The first-order valence-corrected chi connectivity index (χ1v) is 4.63. The van der Waals surface area contributed by atoms with Crippen molar-refractivity contribution < 1.29 is 18.6 Å². The second kappa shape index (κ2) is 7.10. The summed E-state index contributed by atoms with van der Waals surface area (Å²) in [5.74, 6) is 0.153. The number of ether oxygens (including phenoxy) is 1. The normalized spacial score (nSPS) is 9.35. The Morgan fingerprint density at radius 3 is 2.35 bits per heavy atom. The van der Waals surface area contributed by atoms with Gasteiger partial charge >= 0.3 is 6.61 Å². The molecule has 6 heteroatoms. The maximum Gasteiger partial charge on any atom is 0.388 e. The molecule has 0 aliphatic rings. The minimum atomic E-state index is -2.80. The number of pyridine rings is 2. The molecule has 2 rings (SSSR count). The fourth-order valence-corrected chi connectivity index (χ4v) is 0.862. The lowest BCUT2D eigenvalue weighted by atomic mass is 10.5. The minimum Gasteiger partial charge on any atom is -0.506 e. The lowest BCUT2D eigenvalue weighted by Crippen LogP contribution is -2.02.